The van der Waals surface area contributed by atoms with Crippen molar-refractivity contribution in [3.05, 3.63) is 52.4 Å². The highest BCUT2D eigenvalue weighted by atomic mass is 32.1. The van der Waals surface area contributed by atoms with Crippen molar-refractivity contribution in [2.75, 3.05) is 13.7 Å². The largest absolute Gasteiger partial charge is 0.493 e. The van der Waals surface area contributed by atoms with Gasteiger partial charge in [0.1, 0.15) is 0 Å². The van der Waals surface area contributed by atoms with E-state index >= 15 is 0 Å². The van der Waals surface area contributed by atoms with Crippen LogP contribution in [0.5, 0.6) is 5.75 Å². The molecule has 0 unspecified atom stereocenters. The van der Waals surface area contributed by atoms with Crippen LogP contribution in [0.15, 0.2) is 45.5 Å². The number of fused-ring (bicyclic) bond motifs is 1. The Morgan fingerprint density at radius 3 is 3.05 bits per heavy atom. The Hall–Kier alpha value is -2.27. The maximum absolute atomic E-state index is 12.1. The van der Waals surface area contributed by atoms with Gasteiger partial charge in [0.2, 0.25) is 0 Å². The molecule has 1 N–H and O–H groups in total. The number of hydrogen-bond acceptors (Lipinski definition) is 4. The number of carbonyl (C=O) groups excluding carboxylic acids is 1. The van der Waals surface area contributed by atoms with Gasteiger partial charge in [-0.25, -0.2) is 0 Å². The van der Waals surface area contributed by atoms with Gasteiger partial charge >= 0.3 is 0 Å². The summed E-state index contributed by atoms with van der Waals surface area (Å²) in [6.07, 6.45) is 0.818. The topological polar surface area (TPSA) is 51.5 Å². The lowest BCUT2D eigenvalue weighted by Crippen LogP contribution is -2.25. The minimum Gasteiger partial charge on any atom is -0.493 e. The van der Waals surface area contributed by atoms with E-state index in [1.165, 1.54) is 5.56 Å². The van der Waals surface area contributed by atoms with Crippen molar-refractivity contribution in [3.63, 3.8) is 0 Å². The zero-order chi connectivity index (χ0) is 14.7. The number of methoxy groups -OCH3 is 1. The fraction of sp³-hybridized carbons (Fsp3) is 0.188. The van der Waals surface area contributed by atoms with Crippen molar-refractivity contribution in [1.82, 2.24) is 5.32 Å². The fourth-order valence-electron chi connectivity index (χ4n) is 2.15. The third kappa shape index (κ3) is 2.92. The number of benzene rings is 1. The Balaban J connectivity index is 1.69. The Morgan fingerprint density at radius 1 is 1.38 bits per heavy atom. The average Bonchev–Trinajstić information content (AvgIpc) is 3.15. The van der Waals surface area contributed by atoms with Crippen LogP contribution in [0.1, 0.15) is 16.1 Å². The SMILES string of the molecule is COc1cccc2cc(C(=O)NCCc3ccsc3)oc12. The third-order valence-electron chi connectivity index (χ3n) is 3.23. The lowest BCUT2D eigenvalue weighted by molar-refractivity contribution is 0.0928. The lowest BCUT2D eigenvalue weighted by atomic mass is 10.2. The van der Waals surface area contributed by atoms with Crippen LogP contribution in [0.25, 0.3) is 11.0 Å². The van der Waals surface area contributed by atoms with Crippen molar-refractivity contribution in [1.29, 1.82) is 0 Å². The van der Waals surface area contributed by atoms with Gasteiger partial charge < -0.3 is 14.5 Å². The van der Waals surface area contributed by atoms with Gasteiger partial charge in [0, 0.05) is 11.9 Å². The average molecular weight is 301 g/mol. The first kappa shape index (κ1) is 13.7. The number of carbonyl (C=O) groups is 1. The Labute approximate surface area is 126 Å². The van der Waals surface area contributed by atoms with E-state index in [0.29, 0.717) is 23.6 Å². The molecule has 1 aromatic carbocycles. The van der Waals surface area contributed by atoms with Gasteiger partial charge in [-0.1, -0.05) is 12.1 Å². The second-order valence-corrected chi connectivity index (χ2v) is 5.41. The summed E-state index contributed by atoms with van der Waals surface area (Å²) in [6, 6.07) is 9.36. The van der Waals surface area contributed by atoms with Crippen LogP contribution in [0, 0.1) is 0 Å². The van der Waals surface area contributed by atoms with E-state index in [1.807, 2.05) is 23.6 Å². The second-order valence-electron chi connectivity index (χ2n) is 4.63. The van der Waals surface area contributed by atoms with E-state index in [4.69, 9.17) is 9.15 Å². The number of furan rings is 1. The maximum Gasteiger partial charge on any atom is 0.287 e. The van der Waals surface area contributed by atoms with Crippen LogP contribution in [0.4, 0.5) is 0 Å². The smallest absolute Gasteiger partial charge is 0.287 e. The summed E-state index contributed by atoms with van der Waals surface area (Å²) in [5, 5.41) is 7.84. The van der Waals surface area contributed by atoms with Gasteiger partial charge in [0.25, 0.3) is 5.91 Å². The molecule has 21 heavy (non-hydrogen) atoms. The van der Waals surface area contributed by atoms with Crippen LogP contribution < -0.4 is 10.1 Å². The molecule has 0 aliphatic carbocycles. The molecule has 5 heteroatoms. The molecular formula is C16H15NO3S. The summed E-state index contributed by atoms with van der Waals surface area (Å²) in [4.78, 5) is 12.1. The van der Waals surface area contributed by atoms with Crippen molar-refractivity contribution in [3.8, 4) is 5.75 Å². The van der Waals surface area contributed by atoms with Crippen LogP contribution in [0.3, 0.4) is 0 Å². The molecule has 0 aliphatic heterocycles. The van der Waals surface area contributed by atoms with Crippen LogP contribution in [-0.2, 0) is 6.42 Å². The molecule has 0 atom stereocenters. The number of amides is 1. The van der Waals surface area contributed by atoms with E-state index < -0.39 is 0 Å². The molecule has 0 bridgehead atoms. The Kier molecular flexibility index (Phi) is 3.92. The summed E-state index contributed by atoms with van der Waals surface area (Å²) in [7, 11) is 1.58. The molecule has 0 saturated carbocycles. The molecule has 0 saturated heterocycles. The van der Waals surface area contributed by atoms with Gasteiger partial charge in [-0.3, -0.25) is 4.79 Å². The number of nitrogens with one attached hydrogen (secondary N) is 1. The lowest BCUT2D eigenvalue weighted by Gasteiger charge is -2.01. The van der Waals surface area contributed by atoms with Crippen molar-refractivity contribution < 1.29 is 13.9 Å². The van der Waals surface area contributed by atoms with Crippen LogP contribution >= 0.6 is 11.3 Å². The molecule has 0 spiro atoms. The molecule has 108 valence electrons. The highest BCUT2D eigenvalue weighted by molar-refractivity contribution is 7.07. The van der Waals surface area contributed by atoms with Gasteiger partial charge in [-0.15, -0.1) is 0 Å². The normalized spacial score (nSPS) is 10.7. The highest BCUT2D eigenvalue weighted by Gasteiger charge is 2.14. The molecule has 2 aromatic heterocycles. The molecule has 0 fully saturated rings. The first-order valence-corrected chi connectivity index (χ1v) is 7.58. The number of rotatable bonds is 5. The minimum atomic E-state index is -0.205. The first-order chi connectivity index (χ1) is 10.3. The molecule has 4 nitrogen and oxygen atoms in total. The van der Waals surface area contributed by atoms with E-state index in [9.17, 15) is 4.79 Å². The predicted octanol–water partition coefficient (Wildman–Crippen LogP) is 3.48. The molecular weight excluding hydrogens is 286 g/mol. The first-order valence-electron chi connectivity index (χ1n) is 6.64. The van der Waals surface area contributed by atoms with Gasteiger partial charge in [-0.2, -0.15) is 11.3 Å². The zero-order valence-corrected chi connectivity index (χ0v) is 12.4. The van der Waals surface area contributed by atoms with Crippen molar-refractivity contribution in [2.24, 2.45) is 0 Å². The molecule has 0 radical (unpaired) electrons. The predicted molar refractivity (Wildman–Crippen MR) is 83.1 cm³/mol. The second kappa shape index (κ2) is 6.01. The van der Waals surface area contributed by atoms with E-state index in [0.717, 1.165) is 11.8 Å². The number of thiophene rings is 1. The van der Waals surface area contributed by atoms with E-state index in [2.05, 4.69) is 16.8 Å². The van der Waals surface area contributed by atoms with Crippen LogP contribution in [0.2, 0.25) is 0 Å². The summed E-state index contributed by atoms with van der Waals surface area (Å²) in [5.41, 5.74) is 1.83. The highest BCUT2D eigenvalue weighted by Crippen LogP contribution is 2.28. The molecule has 3 aromatic rings. The van der Waals surface area contributed by atoms with Crippen molar-refractivity contribution >= 4 is 28.2 Å². The Bertz CT molecular complexity index is 746. The fourth-order valence-corrected chi connectivity index (χ4v) is 2.85. The molecule has 1 amide bonds. The maximum atomic E-state index is 12.1. The molecule has 2 heterocycles. The summed E-state index contributed by atoms with van der Waals surface area (Å²) < 4.78 is 10.8. The third-order valence-corrected chi connectivity index (χ3v) is 3.96. The van der Waals surface area contributed by atoms with Gasteiger partial charge in [0.15, 0.2) is 17.1 Å². The molecule has 0 aliphatic rings. The van der Waals surface area contributed by atoms with Crippen LogP contribution in [-0.4, -0.2) is 19.6 Å². The molecule has 3 rings (SSSR count). The summed E-state index contributed by atoms with van der Waals surface area (Å²) >= 11 is 1.66. The van der Waals surface area contributed by atoms with Gasteiger partial charge in [-0.05, 0) is 40.9 Å². The number of ether oxygens (including phenoxy) is 1. The minimum absolute atomic E-state index is 0.205. The zero-order valence-electron chi connectivity index (χ0n) is 11.6. The van der Waals surface area contributed by atoms with E-state index in [1.54, 1.807) is 24.5 Å². The quantitative estimate of drug-likeness (QED) is 0.785. The Morgan fingerprint density at radius 2 is 2.29 bits per heavy atom. The summed E-state index contributed by atoms with van der Waals surface area (Å²) in [6.45, 7) is 0.587. The van der Waals surface area contributed by atoms with E-state index in [-0.39, 0.29) is 5.91 Å². The number of hydrogen-bond donors (Lipinski definition) is 1. The van der Waals surface area contributed by atoms with Gasteiger partial charge in [0.05, 0.1) is 7.11 Å². The summed E-state index contributed by atoms with van der Waals surface area (Å²) in [5.74, 6) is 0.730. The monoisotopic (exact) mass is 301 g/mol. The number of para-hydroxylation sites is 1. The van der Waals surface area contributed by atoms with Crippen molar-refractivity contribution in [2.45, 2.75) is 6.42 Å². The standard InChI is InChI=1S/C16H15NO3S/c1-19-13-4-2-3-12-9-14(20-15(12)13)16(18)17-7-5-11-6-8-21-10-11/h2-4,6,8-10H,5,7H2,1H3,(H,17,18).